The molecule has 0 spiro atoms. The normalized spacial score (nSPS) is 11.3. The predicted octanol–water partition coefficient (Wildman–Crippen LogP) is 27.7. The number of halogens is 2. The smallest absolute Gasteiger partial charge is 0.119 e. The third-order valence-electron chi connectivity index (χ3n) is 18.4. The minimum Gasteiger partial charge on any atom is -0.494 e. The molecule has 0 aliphatic carbocycles. The Kier molecular flexibility index (Phi) is 29.4. The van der Waals surface area contributed by atoms with Crippen molar-refractivity contribution in [3.63, 3.8) is 0 Å². The molecule has 10 rings (SSSR count). The summed E-state index contributed by atoms with van der Waals surface area (Å²) in [6.45, 7) is 12.0. The van der Waals surface area contributed by atoms with Crippen LogP contribution in [0.1, 0.15) is 182 Å². The highest BCUT2D eigenvalue weighted by Crippen LogP contribution is 2.42. The fourth-order valence-corrected chi connectivity index (χ4v) is 13.5. The molecule has 0 atom stereocenters. The highest BCUT2D eigenvalue weighted by molar-refractivity contribution is 9.11. The largest absolute Gasteiger partial charge is 0.494 e. The van der Waals surface area contributed by atoms with E-state index in [4.69, 9.17) is 28.9 Å². The summed E-state index contributed by atoms with van der Waals surface area (Å²) in [5.74, 6) is 3.58. The topological polar surface area (TPSA) is 69.2 Å². The van der Waals surface area contributed by atoms with Gasteiger partial charge in [-0.05, 0) is 213 Å². The first kappa shape index (κ1) is 72.8. The first-order chi connectivity index (χ1) is 48.3. The predicted molar refractivity (Wildman–Crippen MR) is 422 cm³/mol. The summed E-state index contributed by atoms with van der Waals surface area (Å²) < 4.78 is 26.7. The number of rotatable bonds is 42. The monoisotopic (exact) mass is 1440 g/mol. The van der Waals surface area contributed by atoms with Gasteiger partial charge in [0, 0.05) is 54.2 Å². The van der Waals surface area contributed by atoms with E-state index in [1.807, 2.05) is 12.1 Å². The second kappa shape index (κ2) is 39.6. The van der Waals surface area contributed by atoms with Crippen molar-refractivity contribution in [1.29, 1.82) is 0 Å². The number of anilines is 6. The van der Waals surface area contributed by atoms with Crippen molar-refractivity contribution in [3.05, 3.63) is 215 Å². The Balaban J connectivity index is 0.864. The Labute approximate surface area is 602 Å². The molecule has 98 heavy (non-hydrogen) atoms. The van der Waals surface area contributed by atoms with Crippen molar-refractivity contribution in [1.82, 2.24) is 9.97 Å². The van der Waals surface area contributed by atoms with Gasteiger partial charge in [-0.1, -0.05) is 229 Å². The molecule has 1 heterocycles. The van der Waals surface area contributed by atoms with E-state index in [9.17, 15) is 0 Å². The summed E-state index contributed by atoms with van der Waals surface area (Å²) in [5, 5.41) is 0. The van der Waals surface area contributed by atoms with E-state index in [2.05, 4.69) is 263 Å². The van der Waals surface area contributed by atoms with Gasteiger partial charge in [0.25, 0.3) is 0 Å². The molecule has 0 bridgehead atoms. The fourth-order valence-electron chi connectivity index (χ4n) is 12.7. The first-order valence-electron chi connectivity index (χ1n) is 36.9. The van der Waals surface area contributed by atoms with E-state index >= 15 is 0 Å². The maximum absolute atomic E-state index is 6.24. The molecule has 0 fully saturated rings. The molecular weight excluding hydrogens is 1340 g/mol. The molecule has 0 radical (unpaired) electrons. The number of aromatic nitrogens is 2. The van der Waals surface area contributed by atoms with Crippen molar-refractivity contribution in [3.8, 4) is 67.8 Å². The third kappa shape index (κ3) is 21.3. The number of hydrogen-bond acceptors (Lipinski definition) is 8. The van der Waals surface area contributed by atoms with E-state index in [-0.39, 0.29) is 0 Å². The number of ether oxygens (including phenoxy) is 4. The Morgan fingerprint density at radius 2 is 0.429 bits per heavy atom. The Morgan fingerprint density at radius 1 is 0.235 bits per heavy atom. The molecule has 8 nitrogen and oxygen atoms in total. The highest BCUT2D eigenvalue weighted by atomic mass is 79.9. The van der Waals surface area contributed by atoms with Crippen LogP contribution < -0.4 is 28.7 Å². The number of nitrogens with zero attached hydrogens (tertiary/aromatic N) is 4. The summed E-state index contributed by atoms with van der Waals surface area (Å²) >= 11 is 7.63. The van der Waals surface area contributed by atoms with Crippen LogP contribution in [0.5, 0.6) is 23.0 Å². The quantitative estimate of drug-likeness (QED) is 0.0351. The average Bonchev–Trinajstić information content (AvgIpc) is 0.766. The SMILES string of the molecule is CCCCCCCCOc1ccc(N(c2ccc(OCCCCCCCC)cc2)c2ccc(-c3ccc(-c4nc5c(Br)ccc(Br)c5nc4-c4ccc(-c5ccc(N(c6ccc(OCCCCCCCC)cc6)c6ccc(OCCCCCCCC)cc6)cc5)cc4)cc3)cc2)cc1. The van der Waals surface area contributed by atoms with Gasteiger partial charge in [-0.25, -0.2) is 9.97 Å². The van der Waals surface area contributed by atoms with Crippen molar-refractivity contribution < 1.29 is 18.9 Å². The lowest BCUT2D eigenvalue weighted by Gasteiger charge is -2.26. The van der Waals surface area contributed by atoms with Gasteiger partial charge in [-0.2, -0.15) is 0 Å². The van der Waals surface area contributed by atoms with Gasteiger partial charge in [0.2, 0.25) is 0 Å². The lowest BCUT2D eigenvalue weighted by atomic mass is 9.98. The molecule has 9 aromatic carbocycles. The first-order valence-corrected chi connectivity index (χ1v) is 38.5. The van der Waals surface area contributed by atoms with E-state index in [1.165, 1.54) is 128 Å². The van der Waals surface area contributed by atoms with E-state index < -0.39 is 0 Å². The van der Waals surface area contributed by atoms with Crippen LogP contribution in [-0.2, 0) is 0 Å². The maximum Gasteiger partial charge on any atom is 0.119 e. The van der Waals surface area contributed by atoms with Crippen LogP contribution in [0.25, 0.3) is 55.8 Å². The molecule has 0 N–H and O–H groups in total. The average molecular weight is 1440 g/mol. The van der Waals surface area contributed by atoms with E-state index in [1.54, 1.807) is 0 Å². The molecule has 512 valence electrons. The van der Waals surface area contributed by atoms with E-state index in [0.29, 0.717) is 0 Å². The molecule has 0 aliphatic rings. The van der Waals surface area contributed by atoms with Crippen LogP contribution in [0.3, 0.4) is 0 Å². The fraction of sp³-hybridized carbons (Fsp3) is 0.364. The zero-order chi connectivity index (χ0) is 67.9. The van der Waals surface area contributed by atoms with Crippen LogP contribution >= 0.6 is 31.9 Å². The molecule has 0 aliphatic heterocycles. The van der Waals surface area contributed by atoms with Gasteiger partial charge in [0.05, 0.1) is 37.8 Å². The van der Waals surface area contributed by atoms with Gasteiger partial charge in [0.15, 0.2) is 0 Å². The third-order valence-corrected chi connectivity index (χ3v) is 19.7. The van der Waals surface area contributed by atoms with Crippen molar-refractivity contribution in [2.45, 2.75) is 182 Å². The van der Waals surface area contributed by atoms with Crippen LogP contribution in [0, 0.1) is 0 Å². The summed E-state index contributed by atoms with van der Waals surface area (Å²) in [4.78, 5) is 15.4. The van der Waals surface area contributed by atoms with Crippen molar-refractivity contribution in [2.75, 3.05) is 36.2 Å². The van der Waals surface area contributed by atoms with Crippen molar-refractivity contribution >= 4 is 77.0 Å². The summed E-state index contributed by atoms with van der Waals surface area (Å²) in [6, 6.07) is 73.3. The zero-order valence-electron chi connectivity index (χ0n) is 58.6. The maximum atomic E-state index is 6.24. The second-order valence-corrected chi connectivity index (χ2v) is 27.7. The second-order valence-electron chi connectivity index (χ2n) is 26.0. The molecule has 0 saturated heterocycles. The van der Waals surface area contributed by atoms with Crippen LogP contribution in [-0.4, -0.2) is 36.4 Å². The molecule has 10 aromatic rings. The summed E-state index contributed by atoms with van der Waals surface area (Å²) in [6.07, 6.45) is 29.7. The molecule has 0 unspecified atom stereocenters. The van der Waals surface area contributed by atoms with Gasteiger partial charge < -0.3 is 28.7 Å². The molecule has 0 saturated carbocycles. The standard InChI is InChI=1S/C88H102Br2N4O4/c1-5-9-13-17-21-25-63-95-79-53-45-75(46-54-79)93(76-47-55-80(56-48-76)96-64-26-22-18-14-10-6-2)73-41-37-69(38-42-73)67-29-33-71(34-30-67)85-86(92-88-84(90)62-61-83(89)87(88)91-85)72-35-31-68(32-36-72)70-39-43-74(44-40-70)94(77-49-57-81(58-50-77)97-65-27-23-19-15-11-7-3)78-51-59-82(60-52-78)98-66-28-24-20-16-12-8-4/h29-62H,5-28,63-66H2,1-4H3. The minimum absolute atomic E-state index is 0.733. The Bertz CT molecular complexity index is 3540. The number of fused-ring (bicyclic) bond motifs is 1. The molecule has 10 heteroatoms. The molecule has 1 aromatic heterocycles. The van der Waals surface area contributed by atoms with Crippen LogP contribution in [0.2, 0.25) is 0 Å². The van der Waals surface area contributed by atoms with Crippen LogP contribution in [0.4, 0.5) is 34.1 Å². The Morgan fingerprint density at radius 3 is 0.663 bits per heavy atom. The summed E-state index contributed by atoms with van der Waals surface area (Å²) in [7, 11) is 0. The van der Waals surface area contributed by atoms with Gasteiger partial charge in [0.1, 0.15) is 34.0 Å². The lowest BCUT2D eigenvalue weighted by molar-refractivity contribution is 0.304. The number of benzene rings is 9. The molecule has 0 amide bonds. The highest BCUT2D eigenvalue weighted by Gasteiger charge is 2.20. The Hall–Kier alpha value is -7.92. The van der Waals surface area contributed by atoms with Crippen molar-refractivity contribution in [2.24, 2.45) is 0 Å². The molecular formula is C88H102Br2N4O4. The number of hydrogen-bond donors (Lipinski definition) is 0. The minimum atomic E-state index is 0.733. The van der Waals surface area contributed by atoms with Gasteiger partial charge in [-0.15, -0.1) is 0 Å². The summed E-state index contributed by atoms with van der Waals surface area (Å²) in [5.41, 5.74) is 15.9. The van der Waals surface area contributed by atoms with Crippen LogP contribution in [0.15, 0.2) is 215 Å². The van der Waals surface area contributed by atoms with Gasteiger partial charge >= 0.3 is 0 Å². The lowest BCUT2D eigenvalue weighted by Crippen LogP contribution is -2.10. The number of unbranched alkanes of at least 4 members (excludes halogenated alkanes) is 20. The zero-order valence-corrected chi connectivity index (χ0v) is 61.8. The van der Waals surface area contributed by atoms with E-state index in [0.717, 1.165) is 174 Å². The van der Waals surface area contributed by atoms with Gasteiger partial charge in [-0.3, -0.25) is 0 Å².